The number of nitriles is 1. The van der Waals surface area contributed by atoms with Gasteiger partial charge in [0.15, 0.2) is 0 Å². The molecule has 0 spiro atoms. The van der Waals surface area contributed by atoms with Crippen LogP contribution < -0.4 is 0 Å². The van der Waals surface area contributed by atoms with Crippen molar-refractivity contribution in [3.63, 3.8) is 0 Å². The molecule has 1 heterocycles. The topological polar surface area (TPSA) is 49.0 Å². The van der Waals surface area contributed by atoms with Gasteiger partial charge in [0.05, 0.1) is 10.7 Å². The summed E-state index contributed by atoms with van der Waals surface area (Å²) < 4.78 is 0. The highest BCUT2D eigenvalue weighted by Gasteiger charge is 2.06. The van der Waals surface area contributed by atoms with Crippen LogP contribution in [0.25, 0.3) is 5.57 Å². The van der Waals surface area contributed by atoms with E-state index in [4.69, 9.17) is 5.26 Å². The summed E-state index contributed by atoms with van der Waals surface area (Å²) in [4.78, 5) is 9.29. The molecule has 0 saturated heterocycles. The average Bonchev–Trinajstić information content (AvgIpc) is 2.53. The molecule has 0 aromatic carbocycles. The van der Waals surface area contributed by atoms with Crippen molar-refractivity contribution in [3.8, 4) is 6.07 Å². The molecule has 0 radical (unpaired) electrons. The largest absolute Gasteiger partial charge is 0.246 e. The molecule has 0 N–H and O–H groups in total. The SMILES string of the molecule is C=C(C#N)N=CC(=C)c1nc(C)sc1C. The van der Waals surface area contributed by atoms with Crippen molar-refractivity contribution in [2.75, 3.05) is 0 Å². The maximum atomic E-state index is 8.47. The molecule has 0 aliphatic carbocycles. The molecule has 0 atom stereocenters. The smallest absolute Gasteiger partial charge is 0.133 e. The average molecular weight is 217 g/mol. The molecule has 4 heteroatoms. The van der Waals surface area contributed by atoms with Crippen molar-refractivity contribution in [2.45, 2.75) is 13.8 Å². The van der Waals surface area contributed by atoms with E-state index in [0.717, 1.165) is 15.6 Å². The summed E-state index contributed by atoms with van der Waals surface area (Å²) in [5.41, 5.74) is 1.71. The van der Waals surface area contributed by atoms with Gasteiger partial charge in [-0.3, -0.25) is 0 Å². The highest BCUT2D eigenvalue weighted by molar-refractivity contribution is 7.11. The van der Waals surface area contributed by atoms with Crippen LogP contribution in [0.4, 0.5) is 0 Å². The molecule has 0 fully saturated rings. The van der Waals surface area contributed by atoms with E-state index in [1.165, 1.54) is 6.21 Å². The van der Waals surface area contributed by atoms with Crippen molar-refractivity contribution in [1.82, 2.24) is 4.98 Å². The van der Waals surface area contributed by atoms with Gasteiger partial charge >= 0.3 is 0 Å². The van der Waals surface area contributed by atoms with Crippen LogP contribution in [0.3, 0.4) is 0 Å². The first-order valence-corrected chi connectivity index (χ1v) is 5.12. The molecule has 1 rings (SSSR count). The minimum Gasteiger partial charge on any atom is -0.246 e. The summed E-state index contributed by atoms with van der Waals surface area (Å²) >= 11 is 1.62. The molecule has 0 bridgehead atoms. The van der Waals surface area contributed by atoms with Crippen molar-refractivity contribution in [1.29, 1.82) is 5.26 Å². The van der Waals surface area contributed by atoms with Gasteiger partial charge < -0.3 is 0 Å². The third-order valence-electron chi connectivity index (χ3n) is 1.71. The Balaban J connectivity index is 2.88. The molecule has 76 valence electrons. The molecular weight excluding hydrogens is 206 g/mol. The van der Waals surface area contributed by atoms with Crippen molar-refractivity contribution >= 4 is 23.1 Å². The zero-order valence-corrected chi connectivity index (χ0v) is 9.56. The maximum absolute atomic E-state index is 8.47. The van der Waals surface area contributed by atoms with E-state index in [1.54, 1.807) is 11.3 Å². The first kappa shape index (κ1) is 11.3. The number of allylic oxidation sites excluding steroid dienone is 2. The van der Waals surface area contributed by atoms with E-state index >= 15 is 0 Å². The second-order valence-corrected chi connectivity index (χ2v) is 4.39. The lowest BCUT2D eigenvalue weighted by Gasteiger charge is -1.94. The van der Waals surface area contributed by atoms with E-state index in [9.17, 15) is 0 Å². The Kier molecular flexibility index (Phi) is 3.53. The van der Waals surface area contributed by atoms with Gasteiger partial charge in [0, 0.05) is 16.7 Å². The third-order valence-corrected chi connectivity index (χ3v) is 2.60. The lowest BCUT2D eigenvalue weighted by molar-refractivity contribution is 1.25. The van der Waals surface area contributed by atoms with Crippen LogP contribution in [0.1, 0.15) is 15.6 Å². The number of rotatable bonds is 3. The number of aryl methyl sites for hydroxylation is 2. The van der Waals surface area contributed by atoms with Crippen LogP contribution in [0.15, 0.2) is 23.8 Å². The molecule has 0 amide bonds. The highest BCUT2D eigenvalue weighted by Crippen LogP contribution is 2.21. The van der Waals surface area contributed by atoms with E-state index in [0.29, 0.717) is 5.57 Å². The van der Waals surface area contributed by atoms with Gasteiger partial charge in [0.1, 0.15) is 11.8 Å². The number of hydrogen-bond donors (Lipinski definition) is 0. The molecule has 15 heavy (non-hydrogen) atoms. The predicted molar refractivity (Wildman–Crippen MR) is 63.9 cm³/mol. The number of thiazole rings is 1. The monoisotopic (exact) mass is 217 g/mol. The van der Waals surface area contributed by atoms with Gasteiger partial charge in [-0.2, -0.15) is 5.26 Å². The van der Waals surface area contributed by atoms with Gasteiger partial charge in [0.25, 0.3) is 0 Å². The minimum atomic E-state index is 0.167. The summed E-state index contributed by atoms with van der Waals surface area (Å²) in [6, 6.07) is 1.84. The number of aliphatic imine (C=N–C) groups is 1. The molecule has 0 aliphatic rings. The number of hydrogen-bond acceptors (Lipinski definition) is 4. The zero-order valence-electron chi connectivity index (χ0n) is 8.74. The zero-order chi connectivity index (χ0) is 11.4. The fraction of sp³-hybridized carbons (Fsp3) is 0.182. The first-order chi connectivity index (χ1) is 7.04. The molecule has 0 saturated carbocycles. The van der Waals surface area contributed by atoms with Crippen molar-refractivity contribution in [2.24, 2.45) is 4.99 Å². The van der Waals surface area contributed by atoms with E-state index in [2.05, 4.69) is 23.1 Å². The minimum absolute atomic E-state index is 0.167. The summed E-state index contributed by atoms with van der Waals surface area (Å²) in [6.07, 6.45) is 1.52. The lowest BCUT2D eigenvalue weighted by Crippen LogP contribution is -1.87. The summed E-state index contributed by atoms with van der Waals surface area (Å²) in [6.45, 7) is 11.2. The van der Waals surface area contributed by atoms with Crippen LogP contribution in [0, 0.1) is 25.2 Å². The fourth-order valence-electron chi connectivity index (χ4n) is 1.07. The molecule has 0 unspecified atom stereocenters. The Morgan fingerprint density at radius 1 is 1.53 bits per heavy atom. The molecule has 1 aromatic heterocycles. The van der Waals surface area contributed by atoms with E-state index in [-0.39, 0.29) is 5.70 Å². The van der Waals surface area contributed by atoms with Crippen LogP contribution in [0.5, 0.6) is 0 Å². The van der Waals surface area contributed by atoms with Gasteiger partial charge in [-0.25, -0.2) is 9.98 Å². The second kappa shape index (κ2) is 4.67. The van der Waals surface area contributed by atoms with Crippen LogP contribution >= 0.6 is 11.3 Å². The molecule has 0 aliphatic heterocycles. The first-order valence-electron chi connectivity index (χ1n) is 4.31. The van der Waals surface area contributed by atoms with Crippen LogP contribution in [0.2, 0.25) is 0 Å². The van der Waals surface area contributed by atoms with Gasteiger partial charge in [0.2, 0.25) is 0 Å². The highest BCUT2D eigenvalue weighted by atomic mass is 32.1. The molecule has 1 aromatic rings. The number of aromatic nitrogens is 1. The molecule has 3 nitrogen and oxygen atoms in total. The summed E-state index contributed by atoms with van der Waals surface area (Å²) in [5, 5.41) is 9.47. The van der Waals surface area contributed by atoms with Gasteiger partial charge in [-0.05, 0) is 13.8 Å². The second-order valence-electron chi connectivity index (χ2n) is 2.98. The van der Waals surface area contributed by atoms with Crippen molar-refractivity contribution in [3.05, 3.63) is 34.4 Å². The normalized spacial score (nSPS) is 10.2. The number of nitrogens with zero attached hydrogens (tertiary/aromatic N) is 3. The Morgan fingerprint density at radius 3 is 2.67 bits per heavy atom. The van der Waals surface area contributed by atoms with Crippen molar-refractivity contribution < 1.29 is 0 Å². The molecular formula is C11H11N3S. The summed E-state index contributed by atoms with van der Waals surface area (Å²) in [5.74, 6) is 0. The van der Waals surface area contributed by atoms with Crippen LogP contribution in [-0.2, 0) is 0 Å². The maximum Gasteiger partial charge on any atom is 0.133 e. The Labute approximate surface area is 93.1 Å². The Hall–Kier alpha value is -1.73. The van der Waals surface area contributed by atoms with E-state index < -0.39 is 0 Å². The van der Waals surface area contributed by atoms with Crippen LogP contribution in [-0.4, -0.2) is 11.2 Å². The Bertz CT molecular complexity index is 475. The van der Waals surface area contributed by atoms with E-state index in [1.807, 2.05) is 19.9 Å². The summed E-state index contributed by atoms with van der Waals surface area (Å²) in [7, 11) is 0. The quantitative estimate of drug-likeness (QED) is 0.577. The van der Waals surface area contributed by atoms with Gasteiger partial charge in [-0.1, -0.05) is 13.2 Å². The Morgan fingerprint density at radius 2 is 2.20 bits per heavy atom. The lowest BCUT2D eigenvalue weighted by atomic mass is 10.2. The predicted octanol–water partition coefficient (Wildman–Crippen LogP) is 2.88. The standard InChI is InChI=1S/C11H11N3S/c1-7(6-13-8(2)5-12)11-9(3)15-10(4)14-11/h6H,1-2H2,3-4H3. The fourth-order valence-corrected chi connectivity index (χ4v) is 1.93. The van der Waals surface area contributed by atoms with Gasteiger partial charge in [-0.15, -0.1) is 11.3 Å². The third kappa shape index (κ3) is 2.86.